The summed E-state index contributed by atoms with van der Waals surface area (Å²) in [5.41, 5.74) is 6.45. The largest absolute Gasteiger partial charge is 0.493 e. The summed E-state index contributed by atoms with van der Waals surface area (Å²) in [6.45, 7) is 7.49. The molecule has 0 amide bonds. The van der Waals surface area contributed by atoms with E-state index >= 15 is 0 Å². The predicted molar refractivity (Wildman–Crippen MR) is 79.9 cm³/mol. The van der Waals surface area contributed by atoms with Gasteiger partial charge < -0.3 is 15.7 Å². The molecule has 0 saturated heterocycles. The number of ether oxygens (including phenoxy) is 1. The zero-order valence-electron chi connectivity index (χ0n) is 12.7. The van der Waals surface area contributed by atoms with Crippen LogP contribution >= 0.6 is 0 Å². The van der Waals surface area contributed by atoms with Crippen molar-refractivity contribution in [2.24, 2.45) is 16.3 Å². The van der Waals surface area contributed by atoms with E-state index in [0.29, 0.717) is 29.9 Å². The van der Waals surface area contributed by atoms with E-state index in [4.69, 9.17) is 15.7 Å². The van der Waals surface area contributed by atoms with E-state index in [1.807, 2.05) is 13.8 Å². The Kier molecular flexibility index (Phi) is 5.12. The van der Waals surface area contributed by atoms with Crippen LogP contribution in [0.1, 0.15) is 31.4 Å². The van der Waals surface area contributed by atoms with Gasteiger partial charge in [-0.1, -0.05) is 19.0 Å². The van der Waals surface area contributed by atoms with Crippen molar-refractivity contribution in [1.29, 1.82) is 0 Å². The summed E-state index contributed by atoms with van der Waals surface area (Å²) >= 11 is 0. The Balaban J connectivity index is 2.78. The first-order valence-electron chi connectivity index (χ1n) is 6.55. The van der Waals surface area contributed by atoms with Crippen LogP contribution in [0, 0.1) is 29.4 Å². The van der Waals surface area contributed by atoms with Crippen LogP contribution in [0.5, 0.6) is 5.75 Å². The van der Waals surface area contributed by atoms with Crippen molar-refractivity contribution in [3.8, 4) is 5.75 Å². The maximum Gasteiger partial charge on any atom is 0.272 e. The lowest BCUT2D eigenvalue weighted by atomic mass is 9.88. The number of rotatable bonds is 6. The predicted octanol–water partition coefficient (Wildman–Crippen LogP) is 2.75. The molecule has 0 saturated carbocycles. The van der Waals surface area contributed by atoms with Gasteiger partial charge >= 0.3 is 0 Å². The van der Waals surface area contributed by atoms with Crippen LogP contribution in [-0.4, -0.2) is 22.6 Å². The lowest BCUT2D eigenvalue weighted by Crippen LogP contribution is -2.33. The molecule has 0 fully saturated rings. The van der Waals surface area contributed by atoms with Gasteiger partial charge in [0.1, 0.15) is 11.6 Å². The number of amidine groups is 1. The van der Waals surface area contributed by atoms with Gasteiger partial charge in [-0.2, -0.15) is 0 Å². The molecule has 1 rings (SSSR count). The highest BCUT2D eigenvalue weighted by atomic mass is 16.6. The Morgan fingerprint density at radius 2 is 2.05 bits per heavy atom. The number of oxime groups is 1. The van der Waals surface area contributed by atoms with Gasteiger partial charge in [0.2, 0.25) is 0 Å². The molecular weight excluding hydrogens is 274 g/mol. The number of aryl methyl sites for hydroxylation is 2. The molecule has 3 N–H and O–H groups in total. The Hall–Kier alpha value is -2.31. The van der Waals surface area contributed by atoms with Gasteiger partial charge in [-0.3, -0.25) is 10.1 Å². The number of benzene rings is 1. The topological polar surface area (TPSA) is 111 Å². The van der Waals surface area contributed by atoms with Crippen LogP contribution in [0.4, 0.5) is 5.69 Å². The van der Waals surface area contributed by atoms with Crippen LogP contribution in [-0.2, 0) is 0 Å². The smallest absolute Gasteiger partial charge is 0.272 e. The second kappa shape index (κ2) is 6.43. The van der Waals surface area contributed by atoms with Crippen LogP contribution in [0.25, 0.3) is 0 Å². The third kappa shape index (κ3) is 4.08. The number of hydrogen-bond donors (Lipinski definition) is 2. The third-order valence-corrected chi connectivity index (χ3v) is 3.48. The second-order valence-corrected chi connectivity index (χ2v) is 5.63. The Bertz CT molecular complexity index is 568. The van der Waals surface area contributed by atoms with Gasteiger partial charge in [0.05, 0.1) is 11.5 Å². The summed E-state index contributed by atoms with van der Waals surface area (Å²) in [5, 5.41) is 22.6. The van der Waals surface area contributed by atoms with Gasteiger partial charge in [0.25, 0.3) is 5.69 Å². The average molecular weight is 295 g/mol. The second-order valence-electron chi connectivity index (χ2n) is 5.63. The molecule has 0 bridgehead atoms. The third-order valence-electron chi connectivity index (χ3n) is 3.48. The summed E-state index contributed by atoms with van der Waals surface area (Å²) in [6, 6.07) is 3.16. The quantitative estimate of drug-likeness (QED) is 0.275. The highest BCUT2D eigenvalue weighted by Crippen LogP contribution is 2.28. The molecule has 0 aliphatic heterocycles. The molecule has 21 heavy (non-hydrogen) atoms. The molecular formula is C14H21N3O4. The van der Waals surface area contributed by atoms with Crippen molar-refractivity contribution in [3.63, 3.8) is 0 Å². The molecule has 116 valence electrons. The highest BCUT2D eigenvalue weighted by molar-refractivity contribution is 5.85. The SMILES string of the molecule is Cc1cc([N+](=O)[O-])c(C)cc1OCCC(C)(C)C(N)=NO. The van der Waals surface area contributed by atoms with Crippen LogP contribution in [0.15, 0.2) is 17.3 Å². The van der Waals surface area contributed by atoms with Gasteiger partial charge in [0, 0.05) is 17.0 Å². The van der Waals surface area contributed by atoms with Crippen LogP contribution < -0.4 is 10.5 Å². The minimum Gasteiger partial charge on any atom is -0.493 e. The minimum absolute atomic E-state index is 0.0804. The van der Waals surface area contributed by atoms with Crippen molar-refractivity contribution >= 4 is 11.5 Å². The van der Waals surface area contributed by atoms with Gasteiger partial charge in [-0.25, -0.2) is 0 Å². The van der Waals surface area contributed by atoms with E-state index in [2.05, 4.69) is 5.16 Å². The minimum atomic E-state index is -0.488. The molecule has 0 spiro atoms. The first-order valence-corrected chi connectivity index (χ1v) is 6.55. The fourth-order valence-corrected chi connectivity index (χ4v) is 1.81. The summed E-state index contributed by atoms with van der Waals surface area (Å²) in [7, 11) is 0. The number of nitro benzene ring substituents is 1. The number of nitrogens with zero attached hydrogens (tertiary/aromatic N) is 2. The van der Waals surface area contributed by atoms with Crippen LogP contribution in [0.3, 0.4) is 0 Å². The van der Waals surface area contributed by atoms with Gasteiger partial charge in [-0.05, 0) is 31.9 Å². The molecule has 0 radical (unpaired) electrons. The van der Waals surface area contributed by atoms with E-state index in [9.17, 15) is 10.1 Å². The van der Waals surface area contributed by atoms with E-state index in [0.717, 1.165) is 0 Å². The first-order chi connectivity index (χ1) is 9.69. The molecule has 1 aromatic rings. The molecule has 0 heterocycles. The first kappa shape index (κ1) is 16.7. The maximum atomic E-state index is 10.9. The number of nitro groups is 1. The van der Waals surface area contributed by atoms with Crippen molar-refractivity contribution < 1.29 is 14.9 Å². The van der Waals surface area contributed by atoms with Crippen molar-refractivity contribution in [2.75, 3.05) is 6.61 Å². The fraction of sp³-hybridized carbons (Fsp3) is 0.500. The average Bonchev–Trinajstić information content (AvgIpc) is 2.40. The number of nitrogens with two attached hydrogens (primary N) is 1. The van der Waals surface area contributed by atoms with E-state index < -0.39 is 10.3 Å². The zero-order chi connectivity index (χ0) is 16.2. The molecule has 0 aliphatic rings. The molecule has 0 aromatic heterocycles. The molecule has 0 unspecified atom stereocenters. The molecule has 7 heteroatoms. The van der Waals surface area contributed by atoms with Gasteiger partial charge in [0.15, 0.2) is 0 Å². The summed E-state index contributed by atoms with van der Waals surface area (Å²) in [4.78, 5) is 10.4. The highest BCUT2D eigenvalue weighted by Gasteiger charge is 2.24. The Labute approximate surface area is 123 Å². The monoisotopic (exact) mass is 295 g/mol. The van der Waals surface area contributed by atoms with Crippen molar-refractivity contribution in [1.82, 2.24) is 0 Å². The molecule has 7 nitrogen and oxygen atoms in total. The standard InChI is InChI=1S/C14H21N3O4/c1-9-8-12(10(2)7-11(9)17(19)20)21-6-5-14(3,4)13(15)16-18/h7-8,18H,5-6H2,1-4H3,(H2,15,16). The Morgan fingerprint density at radius 3 is 2.57 bits per heavy atom. The lowest BCUT2D eigenvalue weighted by Gasteiger charge is -2.23. The Morgan fingerprint density at radius 1 is 1.43 bits per heavy atom. The summed E-state index contributed by atoms with van der Waals surface area (Å²) in [5.74, 6) is 0.746. The fourth-order valence-electron chi connectivity index (χ4n) is 1.81. The van der Waals surface area contributed by atoms with Gasteiger partial charge in [-0.15, -0.1) is 0 Å². The van der Waals surface area contributed by atoms with E-state index in [1.54, 1.807) is 19.9 Å². The summed E-state index contributed by atoms with van der Waals surface area (Å²) in [6.07, 6.45) is 0.554. The zero-order valence-corrected chi connectivity index (χ0v) is 12.7. The van der Waals surface area contributed by atoms with Crippen molar-refractivity contribution in [2.45, 2.75) is 34.1 Å². The normalized spacial score (nSPS) is 12.3. The van der Waals surface area contributed by atoms with E-state index in [1.165, 1.54) is 6.07 Å². The number of hydrogen-bond acceptors (Lipinski definition) is 5. The maximum absolute atomic E-state index is 10.9. The summed E-state index contributed by atoms with van der Waals surface area (Å²) < 4.78 is 5.67. The lowest BCUT2D eigenvalue weighted by molar-refractivity contribution is -0.385. The van der Waals surface area contributed by atoms with Crippen molar-refractivity contribution in [3.05, 3.63) is 33.4 Å². The molecule has 0 atom stereocenters. The molecule has 1 aromatic carbocycles. The van der Waals surface area contributed by atoms with Crippen LogP contribution in [0.2, 0.25) is 0 Å². The molecule has 0 aliphatic carbocycles. The van der Waals surface area contributed by atoms with E-state index in [-0.39, 0.29) is 11.5 Å².